The summed E-state index contributed by atoms with van der Waals surface area (Å²) in [4.78, 5) is 21.8. The normalized spacial score (nSPS) is 14.9. The second-order valence-corrected chi connectivity index (χ2v) is 6.13. The summed E-state index contributed by atoms with van der Waals surface area (Å²) in [5, 5.41) is 7.00. The van der Waals surface area contributed by atoms with Crippen LogP contribution in [0.5, 0.6) is 0 Å². The number of carbonyl (C=O) groups is 2. The highest BCUT2D eigenvalue weighted by atomic mass is 16.6. The van der Waals surface area contributed by atoms with Gasteiger partial charge in [0.1, 0.15) is 12.9 Å². The third-order valence-electron chi connectivity index (χ3n) is 3.93. The van der Waals surface area contributed by atoms with Crippen LogP contribution in [-0.2, 0) is 9.47 Å². The van der Waals surface area contributed by atoms with Crippen LogP contribution in [0.1, 0.15) is 44.7 Å². The van der Waals surface area contributed by atoms with Gasteiger partial charge in [-0.1, -0.05) is 47.5 Å². The van der Waals surface area contributed by atoms with E-state index in [1.54, 1.807) is 12.1 Å². The Morgan fingerprint density at radius 3 is 2.11 bits per heavy atom. The molecule has 5 heteroatoms. The van der Waals surface area contributed by atoms with Crippen LogP contribution in [0.2, 0.25) is 0 Å². The molecule has 0 amide bonds. The van der Waals surface area contributed by atoms with Gasteiger partial charge < -0.3 is 14.6 Å². The van der Waals surface area contributed by atoms with Crippen LogP contribution in [0.25, 0.3) is 0 Å². The Kier molecular flexibility index (Phi) is 10.7. The quantitative estimate of drug-likeness (QED) is 0.654. The first kappa shape index (κ1) is 22.5. The number of aliphatic hydroxyl groups excluding tert-OH is 1. The number of carbonyl (C=O) groups excluding carboxylic acids is 2. The molecule has 1 aliphatic heterocycles. The maximum atomic E-state index is 11.6. The van der Waals surface area contributed by atoms with Crippen molar-refractivity contribution in [3.8, 4) is 0 Å². The minimum Gasteiger partial charge on any atom is -0.459 e. The zero-order valence-electron chi connectivity index (χ0n) is 16.2. The van der Waals surface area contributed by atoms with Crippen molar-refractivity contribution in [1.82, 2.24) is 0 Å². The third-order valence-corrected chi connectivity index (χ3v) is 3.93. The van der Waals surface area contributed by atoms with Crippen molar-refractivity contribution in [2.24, 2.45) is 0 Å². The first-order valence-electron chi connectivity index (χ1n) is 8.90. The number of ether oxygens (including phenoxy) is 2. The van der Waals surface area contributed by atoms with Crippen LogP contribution >= 0.6 is 0 Å². The Bertz CT molecular complexity index is 671. The van der Waals surface area contributed by atoms with Crippen molar-refractivity contribution in [2.45, 2.75) is 32.8 Å². The molecule has 1 aliphatic rings. The van der Waals surface area contributed by atoms with Gasteiger partial charge in [0.2, 0.25) is 0 Å². The van der Waals surface area contributed by atoms with Gasteiger partial charge >= 0.3 is 5.97 Å². The van der Waals surface area contributed by atoms with E-state index in [1.165, 1.54) is 5.56 Å². The second kappa shape index (κ2) is 12.8. The average Bonchev–Trinajstić information content (AvgIpc) is 3.23. The molecule has 27 heavy (non-hydrogen) atoms. The molecule has 2 aromatic rings. The molecule has 1 atom stereocenters. The Labute approximate surface area is 160 Å². The molecule has 2 aromatic carbocycles. The Balaban J connectivity index is 0.000000282. The number of aliphatic hydroxyl groups is 1. The van der Waals surface area contributed by atoms with Gasteiger partial charge in [-0.3, -0.25) is 4.79 Å². The molecule has 1 N–H and O–H groups in total. The molecule has 0 radical (unpaired) electrons. The molecule has 0 bridgehead atoms. The van der Waals surface area contributed by atoms with Gasteiger partial charge in [-0.05, 0) is 38.8 Å². The summed E-state index contributed by atoms with van der Waals surface area (Å²) >= 11 is 0. The number of esters is 1. The first-order chi connectivity index (χ1) is 13.1. The van der Waals surface area contributed by atoms with Crippen LogP contribution < -0.4 is 0 Å². The predicted octanol–water partition coefficient (Wildman–Crippen LogP) is 3.75. The molecule has 0 aromatic heterocycles. The number of hydrogen-bond donors (Lipinski definition) is 1. The largest absolute Gasteiger partial charge is 0.459 e. The molecular formula is C22H28O5. The monoisotopic (exact) mass is 372 g/mol. The fourth-order valence-electron chi connectivity index (χ4n) is 2.36. The van der Waals surface area contributed by atoms with Crippen molar-refractivity contribution in [2.75, 3.05) is 20.3 Å². The van der Waals surface area contributed by atoms with Gasteiger partial charge in [-0.15, -0.1) is 0 Å². The lowest BCUT2D eigenvalue weighted by Crippen LogP contribution is -2.17. The fraction of sp³-hybridized carbons (Fsp3) is 0.364. The maximum Gasteiger partial charge on any atom is 0.338 e. The summed E-state index contributed by atoms with van der Waals surface area (Å²) in [5.74, 6) is -0.268. The van der Waals surface area contributed by atoms with Crippen LogP contribution in [0.4, 0.5) is 0 Å². The van der Waals surface area contributed by atoms with E-state index in [-0.39, 0.29) is 12.1 Å². The molecular weight excluding hydrogens is 344 g/mol. The lowest BCUT2D eigenvalue weighted by molar-refractivity contribution is 0.0161. The van der Waals surface area contributed by atoms with Gasteiger partial charge in [0.05, 0.1) is 11.7 Å². The molecule has 5 nitrogen and oxygen atoms in total. The van der Waals surface area contributed by atoms with Gasteiger partial charge in [0.15, 0.2) is 0 Å². The summed E-state index contributed by atoms with van der Waals surface area (Å²) in [6.07, 6.45) is 2.99. The highest BCUT2D eigenvalue weighted by Crippen LogP contribution is 2.13. The number of aryl methyl sites for hydroxylation is 2. The van der Waals surface area contributed by atoms with Crippen LogP contribution in [0.3, 0.4) is 0 Å². The minimum absolute atomic E-state index is 0.0920. The standard InChI is InChI=1S/C13H16O3.C8H8O.CH4O/c1-10-4-6-11(7-5-10)13(14)16-9-12-3-2-8-15-12;1-7-2-4-8(6-9)5-3-7;1-2/h4-7,12H,2-3,8-9H2,1H3;2-6H,1H3;2H,1H3. The van der Waals surface area contributed by atoms with E-state index in [9.17, 15) is 9.59 Å². The zero-order chi connectivity index (χ0) is 20.1. The smallest absolute Gasteiger partial charge is 0.338 e. The predicted molar refractivity (Wildman–Crippen MR) is 105 cm³/mol. The molecule has 1 saturated heterocycles. The molecule has 1 fully saturated rings. The Morgan fingerprint density at radius 2 is 1.63 bits per heavy atom. The summed E-state index contributed by atoms with van der Waals surface area (Å²) in [7, 11) is 1.00. The molecule has 1 heterocycles. The molecule has 146 valence electrons. The van der Waals surface area contributed by atoms with Crippen molar-refractivity contribution in [1.29, 1.82) is 0 Å². The van der Waals surface area contributed by atoms with Crippen molar-refractivity contribution >= 4 is 12.3 Å². The highest BCUT2D eigenvalue weighted by molar-refractivity contribution is 5.89. The van der Waals surface area contributed by atoms with Crippen molar-refractivity contribution in [3.05, 3.63) is 70.8 Å². The average molecular weight is 372 g/mol. The maximum absolute atomic E-state index is 11.6. The van der Waals surface area contributed by atoms with Crippen LogP contribution in [-0.4, -0.2) is 43.8 Å². The van der Waals surface area contributed by atoms with Crippen molar-refractivity contribution < 1.29 is 24.2 Å². The lowest BCUT2D eigenvalue weighted by Gasteiger charge is -2.10. The summed E-state index contributed by atoms with van der Waals surface area (Å²) in [6, 6.07) is 14.8. The number of rotatable bonds is 4. The third kappa shape index (κ3) is 8.62. The van der Waals surface area contributed by atoms with Crippen LogP contribution in [0, 0.1) is 13.8 Å². The van der Waals surface area contributed by atoms with E-state index in [0.29, 0.717) is 12.2 Å². The van der Waals surface area contributed by atoms with E-state index in [1.807, 2.05) is 50.2 Å². The second-order valence-electron chi connectivity index (χ2n) is 6.13. The highest BCUT2D eigenvalue weighted by Gasteiger charge is 2.17. The van der Waals surface area contributed by atoms with Gasteiger partial charge in [-0.2, -0.15) is 0 Å². The number of hydrogen-bond acceptors (Lipinski definition) is 5. The summed E-state index contributed by atoms with van der Waals surface area (Å²) < 4.78 is 10.6. The van der Waals surface area contributed by atoms with Gasteiger partial charge in [0.25, 0.3) is 0 Å². The minimum atomic E-state index is -0.268. The van der Waals surface area contributed by atoms with Crippen molar-refractivity contribution in [3.63, 3.8) is 0 Å². The van der Waals surface area contributed by atoms with Gasteiger partial charge in [0, 0.05) is 19.3 Å². The zero-order valence-corrected chi connectivity index (χ0v) is 16.2. The molecule has 0 saturated carbocycles. The number of benzene rings is 2. The molecule has 0 spiro atoms. The van der Waals surface area contributed by atoms with E-state index >= 15 is 0 Å². The Morgan fingerprint density at radius 1 is 1.07 bits per heavy atom. The Hall–Kier alpha value is -2.50. The lowest BCUT2D eigenvalue weighted by atomic mass is 10.1. The first-order valence-corrected chi connectivity index (χ1v) is 8.90. The van der Waals surface area contributed by atoms with E-state index in [4.69, 9.17) is 14.6 Å². The summed E-state index contributed by atoms with van der Waals surface area (Å²) in [5.41, 5.74) is 3.65. The van der Waals surface area contributed by atoms with Gasteiger partial charge in [-0.25, -0.2) is 4.79 Å². The van der Waals surface area contributed by atoms with E-state index in [0.717, 1.165) is 44.0 Å². The van der Waals surface area contributed by atoms with Crippen LogP contribution in [0.15, 0.2) is 48.5 Å². The molecule has 3 rings (SSSR count). The fourth-order valence-corrected chi connectivity index (χ4v) is 2.36. The van der Waals surface area contributed by atoms with E-state index in [2.05, 4.69) is 0 Å². The molecule has 0 aliphatic carbocycles. The van der Waals surface area contributed by atoms with E-state index < -0.39 is 0 Å². The summed E-state index contributed by atoms with van der Waals surface area (Å²) in [6.45, 7) is 5.13. The SMILES string of the molecule is CO.Cc1ccc(C(=O)OCC2CCCO2)cc1.Cc1ccc(C=O)cc1. The topological polar surface area (TPSA) is 72.8 Å². The number of aldehydes is 1. The molecule has 1 unspecified atom stereocenters.